The van der Waals surface area contributed by atoms with Gasteiger partial charge in [-0.15, -0.1) is 5.10 Å². The minimum absolute atomic E-state index is 0.0823. The zero-order chi connectivity index (χ0) is 22.7. The SMILES string of the molecule is CC(C)CNc1cc2c(cc1C#N)NC(=O)CC(c1cccc(-n3nncc3CO)c1)=N2. The van der Waals surface area contributed by atoms with Crippen LogP contribution in [-0.4, -0.2) is 38.3 Å². The molecule has 4 rings (SSSR count). The number of aromatic nitrogens is 3. The number of amides is 1. The van der Waals surface area contributed by atoms with Gasteiger partial charge in [0.05, 0.1) is 58.9 Å². The van der Waals surface area contributed by atoms with Gasteiger partial charge >= 0.3 is 0 Å². The van der Waals surface area contributed by atoms with E-state index in [0.29, 0.717) is 52.2 Å². The van der Waals surface area contributed by atoms with Crippen molar-refractivity contribution in [1.29, 1.82) is 5.26 Å². The molecule has 2 heterocycles. The van der Waals surface area contributed by atoms with E-state index in [0.717, 1.165) is 5.56 Å². The number of hydrogen-bond acceptors (Lipinski definition) is 7. The van der Waals surface area contributed by atoms with Gasteiger partial charge in [-0.25, -0.2) is 4.68 Å². The molecule has 32 heavy (non-hydrogen) atoms. The van der Waals surface area contributed by atoms with E-state index in [1.807, 2.05) is 24.3 Å². The molecule has 0 saturated heterocycles. The molecule has 9 heteroatoms. The molecule has 2 aromatic carbocycles. The lowest BCUT2D eigenvalue weighted by atomic mass is 10.1. The van der Waals surface area contributed by atoms with Gasteiger partial charge in [0.1, 0.15) is 6.07 Å². The molecule has 162 valence electrons. The first kappa shape index (κ1) is 21.2. The smallest absolute Gasteiger partial charge is 0.230 e. The number of aliphatic hydroxyl groups excluding tert-OH is 1. The first-order valence-corrected chi connectivity index (χ1v) is 10.3. The minimum atomic E-state index is -0.212. The molecule has 0 atom stereocenters. The summed E-state index contributed by atoms with van der Waals surface area (Å²) in [7, 11) is 0. The number of anilines is 2. The molecule has 0 unspecified atom stereocenters. The fourth-order valence-corrected chi connectivity index (χ4v) is 3.43. The summed E-state index contributed by atoms with van der Waals surface area (Å²) >= 11 is 0. The first-order chi connectivity index (χ1) is 15.5. The van der Waals surface area contributed by atoms with Gasteiger partial charge in [-0.2, -0.15) is 5.26 Å². The summed E-state index contributed by atoms with van der Waals surface area (Å²) in [5.41, 5.74) is 4.83. The maximum atomic E-state index is 12.6. The van der Waals surface area contributed by atoms with Gasteiger partial charge in [-0.05, 0) is 35.7 Å². The number of aliphatic hydroxyl groups is 1. The summed E-state index contributed by atoms with van der Waals surface area (Å²) in [6.45, 7) is 4.69. The van der Waals surface area contributed by atoms with Crippen molar-refractivity contribution in [2.24, 2.45) is 10.9 Å². The second-order valence-corrected chi connectivity index (χ2v) is 7.93. The number of carbonyl (C=O) groups excluding carboxylic acids is 1. The van der Waals surface area contributed by atoms with Crippen LogP contribution >= 0.6 is 0 Å². The van der Waals surface area contributed by atoms with Gasteiger partial charge in [0.2, 0.25) is 5.91 Å². The Morgan fingerprint density at radius 1 is 1.31 bits per heavy atom. The number of rotatable bonds is 6. The molecule has 9 nitrogen and oxygen atoms in total. The van der Waals surface area contributed by atoms with E-state index in [1.54, 1.807) is 16.8 Å². The van der Waals surface area contributed by atoms with Gasteiger partial charge in [-0.1, -0.05) is 31.2 Å². The molecule has 1 aromatic heterocycles. The first-order valence-electron chi connectivity index (χ1n) is 10.3. The Bertz CT molecular complexity index is 1240. The largest absolute Gasteiger partial charge is 0.390 e. The normalized spacial score (nSPS) is 13.1. The lowest BCUT2D eigenvalue weighted by Crippen LogP contribution is -2.15. The van der Waals surface area contributed by atoms with Crippen molar-refractivity contribution >= 4 is 28.7 Å². The van der Waals surface area contributed by atoms with Crippen molar-refractivity contribution in [3.05, 3.63) is 59.4 Å². The predicted molar refractivity (Wildman–Crippen MR) is 121 cm³/mol. The number of nitrogens with one attached hydrogen (secondary N) is 2. The molecular formula is C23H23N7O2. The van der Waals surface area contributed by atoms with Crippen LogP contribution in [-0.2, 0) is 11.4 Å². The van der Waals surface area contributed by atoms with Gasteiger partial charge in [0, 0.05) is 6.54 Å². The summed E-state index contributed by atoms with van der Waals surface area (Å²) in [5, 5.41) is 33.1. The highest BCUT2D eigenvalue weighted by atomic mass is 16.3. The predicted octanol–water partition coefficient (Wildman–Crippen LogP) is 3.16. The molecule has 0 fully saturated rings. The fourth-order valence-electron chi connectivity index (χ4n) is 3.43. The van der Waals surface area contributed by atoms with Crippen LogP contribution in [0.25, 0.3) is 5.69 Å². The highest BCUT2D eigenvalue weighted by molar-refractivity contribution is 6.17. The molecule has 0 bridgehead atoms. The Labute approximate surface area is 185 Å². The summed E-state index contributed by atoms with van der Waals surface area (Å²) in [6, 6.07) is 13.0. The van der Waals surface area contributed by atoms with E-state index in [9.17, 15) is 15.2 Å². The molecule has 0 radical (unpaired) electrons. The average Bonchev–Trinajstić information content (AvgIpc) is 3.20. The van der Waals surface area contributed by atoms with Crippen molar-refractivity contribution < 1.29 is 9.90 Å². The van der Waals surface area contributed by atoms with E-state index in [1.165, 1.54) is 6.20 Å². The molecule has 1 aliphatic heterocycles. The molecule has 1 aliphatic rings. The van der Waals surface area contributed by atoms with E-state index >= 15 is 0 Å². The van der Waals surface area contributed by atoms with Crippen molar-refractivity contribution in [2.75, 3.05) is 17.2 Å². The summed E-state index contributed by atoms with van der Waals surface area (Å²) < 4.78 is 1.54. The summed E-state index contributed by atoms with van der Waals surface area (Å²) in [5.74, 6) is 0.193. The zero-order valence-corrected chi connectivity index (χ0v) is 17.8. The molecular weight excluding hydrogens is 406 g/mol. The molecule has 3 aromatic rings. The second-order valence-electron chi connectivity index (χ2n) is 7.93. The Hall–Kier alpha value is -4.03. The third kappa shape index (κ3) is 4.36. The monoisotopic (exact) mass is 429 g/mol. The Morgan fingerprint density at radius 2 is 2.16 bits per heavy atom. The van der Waals surface area contributed by atoms with Crippen LogP contribution in [0.4, 0.5) is 17.1 Å². The van der Waals surface area contributed by atoms with Gasteiger partial charge in [0.15, 0.2) is 0 Å². The van der Waals surface area contributed by atoms with Gasteiger partial charge in [-0.3, -0.25) is 9.79 Å². The van der Waals surface area contributed by atoms with Crippen molar-refractivity contribution in [1.82, 2.24) is 15.0 Å². The van der Waals surface area contributed by atoms with Crippen LogP contribution in [0, 0.1) is 17.2 Å². The van der Waals surface area contributed by atoms with Crippen LogP contribution in [0.3, 0.4) is 0 Å². The van der Waals surface area contributed by atoms with Crippen molar-refractivity contribution in [2.45, 2.75) is 26.9 Å². The zero-order valence-electron chi connectivity index (χ0n) is 17.8. The van der Waals surface area contributed by atoms with E-state index in [2.05, 4.69) is 40.9 Å². The van der Waals surface area contributed by atoms with Gasteiger partial charge < -0.3 is 15.7 Å². The highest BCUT2D eigenvalue weighted by Gasteiger charge is 2.20. The van der Waals surface area contributed by atoms with Crippen LogP contribution in [0.2, 0.25) is 0 Å². The standard InChI is InChI=1S/C23H23N7O2/c1-14(2)11-25-19-8-22-21(7-16(19)10-24)28-23(32)9-20(27-22)15-4-3-5-17(6-15)30-18(13-31)12-26-29-30/h3-8,12,14,25,31H,9,11,13H2,1-2H3,(H,28,32). The maximum absolute atomic E-state index is 12.6. The third-order valence-electron chi connectivity index (χ3n) is 5.02. The topological polar surface area (TPSA) is 128 Å². The Balaban J connectivity index is 1.77. The number of carbonyl (C=O) groups is 1. The molecule has 3 N–H and O–H groups in total. The number of benzene rings is 2. The third-order valence-corrected chi connectivity index (χ3v) is 5.02. The highest BCUT2D eigenvalue weighted by Crippen LogP contribution is 2.34. The lowest BCUT2D eigenvalue weighted by Gasteiger charge is -2.13. The van der Waals surface area contributed by atoms with Crippen LogP contribution < -0.4 is 10.6 Å². The maximum Gasteiger partial charge on any atom is 0.230 e. The number of aliphatic imine (C=N–C) groups is 1. The Morgan fingerprint density at radius 3 is 2.91 bits per heavy atom. The quantitative estimate of drug-likeness (QED) is 0.552. The van der Waals surface area contributed by atoms with E-state index < -0.39 is 0 Å². The summed E-state index contributed by atoms with van der Waals surface area (Å²) in [4.78, 5) is 17.4. The van der Waals surface area contributed by atoms with Crippen molar-refractivity contribution in [3.63, 3.8) is 0 Å². The summed E-state index contributed by atoms with van der Waals surface area (Å²) in [6.07, 6.45) is 1.58. The van der Waals surface area contributed by atoms with Crippen molar-refractivity contribution in [3.8, 4) is 11.8 Å². The van der Waals surface area contributed by atoms with Crippen LogP contribution in [0.1, 0.15) is 37.1 Å². The van der Waals surface area contributed by atoms with Crippen LogP contribution in [0.15, 0.2) is 47.6 Å². The Kier molecular flexibility index (Phi) is 5.96. The lowest BCUT2D eigenvalue weighted by molar-refractivity contribution is -0.115. The average molecular weight is 429 g/mol. The number of nitrogens with zero attached hydrogens (tertiary/aromatic N) is 5. The molecule has 0 spiro atoms. The molecule has 1 amide bonds. The van der Waals surface area contributed by atoms with E-state index in [4.69, 9.17) is 4.99 Å². The number of nitriles is 1. The fraction of sp³-hybridized carbons (Fsp3) is 0.261. The molecule has 0 aliphatic carbocycles. The number of fused-ring (bicyclic) bond motifs is 1. The molecule has 0 saturated carbocycles. The minimum Gasteiger partial charge on any atom is -0.390 e. The van der Waals surface area contributed by atoms with E-state index in [-0.39, 0.29) is 18.9 Å². The number of hydrogen-bond donors (Lipinski definition) is 3. The second kappa shape index (κ2) is 8.99. The van der Waals surface area contributed by atoms with Crippen LogP contribution in [0.5, 0.6) is 0 Å². The van der Waals surface area contributed by atoms with Gasteiger partial charge in [0.25, 0.3) is 0 Å².